The summed E-state index contributed by atoms with van der Waals surface area (Å²) < 4.78 is 19.6. The molecule has 0 atom stereocenters. The number of carbonyl (C=O) groups excluding carboxylic acids is 2. The van der Waals surface area contributed by atoms with Crippen LogP contribution in [0.1, 0.15) is 42.4 Å². The predicted molar refractivity (Wildman–Crippen MR) is 89.0 cm³/mol. The maximum Gasteiger partial charge on any atom is 0.167 e. The molecule has 1 saturated carbocycles. The van der Waals surface area contributed by atoms with Crippen molar-refractivity contribution in [3.63, 3.8) is 0 Å². The molecule has 126 valence electrons. The molecule has 0 bridgehead atoms. The number of hydrogen-bond acceptors (Lipinski definition) is 4. The van der Waals surface area contributed by atoms with Crippen LogP contribution in [-0.4, -0.2) is 11.6 Å². The molecular formula is C20H16FNO3. The van der Waals surface area contributed by atoms with E-state index >= 15 is 0 Å². The van der Waals surface area contributed by atoms with Crippen LogP contribution in [0, 0.1) is 17.1 Å². The highest BCUT2D eigenvalue weighted by molar-refractivity contribution is 6.13. The van der Waals surface area contributed by atoms with Gasteiger partial charge in [0, 0.05) is 12.8 Å². The van der Waals surface area contributed by atoms with Crippen molar-refractivity contribution in [3.05, 3.63) is 58.9 Å². The van der Waals surface area contributed by atoms with E-state index in [1.165, 1.54) is 12.1 Å². The van der Waals surface area contributed by atoms with Crippen molar-refractivity contribution in [1.82, 2.24) is 0 Å². The lowest BCUT2D eigenvalue weighted by molar-refractivity contribution is -0.123. The first-order valence-electron chi connectivity index (χ1n) is 8.09. The molecule has 0 amide bonds. The zero-order chi connectivity index (χ0) is 18.0. The molecule has 0 aromatic heterocycles. The van der Waals surface area contributed by atoms with Crippen molar-refractivity contribution in [3.8, 4) is 17.6 Å². The molecule has 0 radical (unpaired) electrons. The number of nitriles is 1. The molecule has 3 rings (SSSR count). The number of ether oxygens (including phenoxy) is 1. The molecule has 1 fully saturated rings. The van der Waals surface area contributed by atoms with Gasteiger partial charge in [-0.2, -0.15) is 5.26 Å². The third kappa shape index (κ3) is 3.29. The van der Waals surface area contributed by atoms with Crippen LogP contribution in [-0.2, 0) is 16.0 Å². The van der Waals surface area contributed by atoms with E-state index in [0.717, 1.165) is 11.6 Å². The number of hydrogen-bond donors (Lipinski definition) is 0. The van der Waals surface area contributed by atoms with Gasteiger partial charge in [-0.1, -0.05) is 13.0 Å². The third-order valence-corrected chi connectivity index (χ3v) is 4.36. The Morgan fingerprint density at radius 3 is 2.48 bits per heavy atom. The summed E-state index contributed by atoms with van der Waals surface area (Å²) in [7, 11) is 0. The molecule has 1 aliphatic carbocycles. The second kappa shape index (κ2) is 6.86. The molecule has 0 saturated heterocycles. The molecule has 4 nitrogen and oxygen atoms in total. The zero-order valence-electron chi connectivity index (χ0n) is 13.7. The van der Waals surface area contributed by atoms with Crippen LogP contribution in [0.15, 0.2) is 36.4 Å². The Labute approximate surface area is 144 Å². The van der Waals surface area contributed by atoms with Crippen LogP contribution < -0.4 is 4.74 Å². The molecule has 0 N–H and O–H groups in total. The van der Waals surface area contributed by atoms with Crippen LogP contribution in [0.3, 0.4) is 0 Å². The summed E-state index contributed by atoms with van der Waals surface area (Å²) >= 11 is 0. The van der Waals surface area contributed by atoms with E-state index in [2.05, 4.69) is 0 Å². The van der Waals surface area contributed by atoms with Crippen molar-refractivity contribution in [1.29, 1.82) is 5.26 Å². The Morgan fingerprint density at radius 2 is 1.88 bits per heavy atom. The summed E-state index contributed by atoms with van der Waals surface area (Å²) in [6.07, 6.45) is 1.21. The number of rotatable bonds is 4. The van der Waals surface area contributed by atoms with Gasteiger partial charge < -0.3 is 4.74 Å². The number of nitrogens with zero attached hydrogens (tertiary/aromatic N) is 1. The quantitative estimate of drug-likeness (QED) is 0.789. The van der Waals surface area contributed by atoms with E-state index < -0.39 is 11.7 Å². The molecule has 1 aliphatic rings. The Morgan fingerprint density at radius 1 is 1.16 bits per heavy atom. The van der Waals surface area contributed by atoms with Crippen LogP contribution in [0.2, 0.25) is 0 Å². The Hall–Kier alpha value is -3.00. The lowest BCUT2D eigenvalue weighted by Gasteiger charge is -2.15. The van der Waals surface area contributed by atoms with E-state index in [1.54, 1.807) is 18.2 Å². The maximum absolute atomic E-state index is 14.0. The Bertz CT molecular complexity index is 882. The highest BCUT2D eigenvalue weighted by Crippen LogP contribution is 2.34. The fraction of sp³-hybridized carbons (Fsp3) is 0.250. The van der Waals surface area contributed by atoms with Gasteiger partial charge in [-0.3, -0.25) is 9.59 Å². The smallest absolute Gasteiger partial charge is 0.167 e. The molecule has 25 heavy (non-hydrogen) atoms. The van der Waals surface area contributed by atoms with Crippen molar-refractivity contribution in [2.75, 3.05) is 0 Å². The van der Waals surface area contributed by atoms with E-state index in [9.17, 15) is 14.0 Å². The topological polar surface area (TPSA) is 67.2 Å². The van der Waals surface area contributed by atoms with Crippen LogP contribution in [0.5, 0.6) is 11.5 Å². The largest absolute Gasteiger partial charge is 0.454 e. The first-order valence-corrected chi connectivity index (χ1v) is 8.09. The van der Waals surface area contributed by atoms with Crippen LogP contribution in [0.4, 0.5) is 4.39 Å². The second-order valence-corrected chi connectivity index (χ2v) is 5.94. The number of ketones is 2. The van der Waals surface area contributed by atoms with Gasteiger partial charge in [0.15, 0.2) is 11.6 Å². The van der Waals surface area contributed by atoms with Gasteiger partial charge in [0.1, 0.15) is 23.2 Å². The second-order valence-electron chi connectivity index (χ2n) is 5.94. The minimum absolute atomic E-state index is 0.0155. The van der Waals surface area contributed by atoms with Gasteiger partial charge >= 0.3 is 0 Å². The normalized spacial score (nSPS) is 14.6. The van der Waals surface area contributed by atoms with E-state index in [1.807, 2.05) is 13.0 Å². The zero-order valence-corrected chi connectivity index (χ0v) is 13.7. The highest BCUT2D eigenvalue weighted by Gasteiger charge is 2.35. The summed E-state index contributed by atoms with van der Waals surface area (Å²) in [6.45, 7) is 1.95. The fourth-order valence-electron chi connectivity index (χ4n) is 3.07. The van der Waals surface area contributed by atoms with Gasteiger partial charge in [0.25, 0.3) is 0 Å². The monoisotopic (exact) mass is 337 g/mol. The molecule has 5 heteroatoms. The Kier molecular flexibility index (Phi) is 4.62. The van der Waals surface area contributed by atoms with Crippen molar-refractivity contribution >= 4 is 11.6 Å². The SMILES string of the molecule is CCc1ccc(Oc2ccc(C#N)cc2F)cc1C1C(=O)CCC1=O. The predicted octanol–water partition coefficient (Wildman–Crippen LogP) is 4.07. The molecular weight excluding hydrogens is 321 g/mol. The summed E-state index contributed by atoms with van der Waals surface area (Å²) in [5.41, 5.74) is 1.75. The average Bonchev–Trinajstić information content (AvgIpc) is 2.95. The summed E-state index contributed by atoms with van der Waals surface area (Å²) in [4.78, 5) is 24.2. The first-order chi connectivity index (χ1) is 12.0. The number of carbonyl (C=O) groups is 2. The molecule has 0 unspecified atom stereocenters. The average molecular weight is 337 g/mol. The minimum atomic E-state index is -0.746. The highest BCUT2D eigenvalue weighted by atomic mass is 19.1. The summed E-state index contributed by atoms with van der Waals surface area (Å²) in [5, 5.41) is 8.79. The molecule has 2 aromatic rings. The maximum atomic E-state index is 14.0. The summed E-state index contributed by atoms with van der Waals surface area (Å²) in [6, 6.07) is 10.9. The Balaban J connectivity index is 1.96. The van der Waals surface area contributed by atoms with Gasteiger partial charge in [0.2, 0.25) is 0 Å². The number of Topliss-reactive ketones (excluding diaryl/α,β-unsaturated/α-hetero) is 2. The van der Waals surface area contributed by atoms with Gasteiger partial charge in [0.05, 0.1) is 11.6 Å². The van der Waals surface area contributed by atoms with Gasteiger partial charge in [-0.15, -0.1) is 0 Å². The standard InChI is InChI=1S/C20H16FNO3/c1-2-13-4-5-14(10-15(13)20-17(23)6-7-18(20)24)25-19-8-3-12(11-22)9-16(19)21/h3-5,8-10,20H,2,6-7H2,1H3. The molecule has 0 aliphatic heterocycles. The minimum Gasteiger partial charge on any atom is -0.454 e. The van der Waals surface area contributed by atoms with E-state index in [-0.39, 0.29) is 35.7 Å². The van der Waals surface area contributed by atoms with Crippen LogP contribution in [0.25, 0.3) is 0 Å². The van der Waals surface area contributed by atoms with Crippen LogP contribution >= 0.6 is 0 Å². The first kappa shape index (κ1) is 16.8. The van der Waals surface area contributed by atoms with Gasteiger partial charge in [-0.05, 0) is 47.9 Å². The summed E-state index contributed by atoms with van der Waals surface area (Å²) in [5.74, 6) is -1.22. The van der Waals surface area contributed by atoms with Crippen molar-refractivity contribution in [2.24, 2.45) is 0 Å². The number of aryl methyl sites for hydroxylation is 1. The van der Waals surface area contributed by atoms with Crippen molar-refractivity contribution < 1.29 is 18.7 Å². The lowest BCUT2D eigenvalue weighted by atomic mass is 9.90. The fourth-order valence-corrected chi connectivity index (χ4v) is 3.07. The van der Waals surface area contributed by atoms with Gasteiger partial charge in [-0.25, -0.2) is 4.39 Å². The third-order valence-electron chi connectivity index (χ3n) is 4.36. The lowest BCUT2D eigenvalue weighted by Crippen LogP contribution is -2.14. The van der Waals surface area contributed by atoms with E-state index in [4.69, 9.17) is 10.00 Å². The molecule has 0 spiro atoms. The van der Waals surface area contributed by atoms with E-state index in [0.29, 0.717) is 17.7 Å². The number of halogens is 1. The molecule has 2 aromatic carbocycles. The molecule has 0 heterocycles. The number of benzene rings is 2. The van der Waals surface area contributed by atoms with Crippen molar-refractivity contribution in [2.45, 2.75) is 32.1 Å².